The smallest absolute Gasteiger partial charge is 0.315 e. The van der Waals surface area contributed by atoms with Gasteiger partial charge < -0.3 is 5.32 Å². The van der Waals surface area contributed by atoms with Crippen LogP contribution in [-0.2, 0) is 4.79 Å². The minimum absolute atomic E-state index is 0.239. The summed E-state index contributed by atoms with van der Waals surface area (Å²) in [5.74, 6) is -2.49. The summed E-state index contributed by atoms with van der Waals surface area (Å²) in [7, 11) is 0. The summed E-state index contributed by atoms with van der Waals surface area (Å²) in [6.07, 6.45) is -3.19. The molecule has 1 aromatic rings. The van der Waals surface area contributed by atoms with Gasteiger partial charge in [0.05, 0.1) is 10.7 Å². The highest BCUT2D eigenvalue weighted by molar-refractivity contribution is 6.31. The molecule has 0 aliphatic rings. The van der Waals surface area contributed by atoms with Crippen LogP contribution in [0.1, 0.15) is 0 Å². The first-order chi connectivity index (χ1) is 6.52. The van der Waals surface area contributed by atoms with E-state index >= 15 is 0 Å². The summed E-state index contributed by atoms with van der Waals surface area (Å²) < 4.78 is 36.6. The molecule has 0 atom stereocenters. The van der Waals surface area contributed by atoms with E-state index < -0.39 is 18.1 Å². The summed E-state index contributed by atoms with van der Waals surface area (Å²) in [4.78, 5) is 10.5. The fourth-order valence-electron chi connectivity index (χ4n) is 0.788. The Bertz CT molecular complexity index is 356. The van der Waals surface area contributed by atoms with Gasteiger partial charge in [-0.2, -0.15) is 8.78 Å². The van der Waals surface area contributed by atoms with E-state index in [1.54, 1.807) is 5.32 Å². The molecule has 1 N–H and O–H groups in total. The van der Waals surface area contributed by atoms with Gasteiger partial charge in [0.25, 0.3) is 5.91 Å². The fraction of sp³-hybridized carbons (Fsp3) is 0.125. The number of alkyl halides is 2. The van der Waals surface area contributed by atoms with Gasteiger partial charge in [-0.3, -0.25) is 4.79 Å². The molecule has 0 fully saturated rings. The van der Waals surface area contributed by atoms with E-state index in [1.165, 1.54) is 12.1 Å². The maximum Gasteiger partial charge on any atom is 0.315 e. The van der Waals surface area contributed by atoms with Crippen molar-refractivity contribution in [3.05, 3.63) is 29.0 Å². The quantitative estimate of drug-likeness (QED) is 0.821. The first-order valence-electron chi connectivity index (χ1n) is 3.55. The second-order valence-corrected chi connectivity index (χ2v) is 2.80. The number of carbonyl (C=O) groups excluding carboxylic acids is 1. The summed E-state index contributed by atoms with van der Waals surface area (Å²) in [5, 5.41) is 1.46. The Morgan fingerprint density at radius 2 is 2.07 bits per heavy atom. The zero-order chi connectivity index (χ0) is 10.7. The standard InChI is InChI=1S/C8H5ClF3NO/c9-4-2-1-3-5(6(4)10)13-8(14)7(11)12/h1-3,7H,(H,13,14). The molecular formula is C8H5ClF3NO. The Morgan fingerprint density at radius 3 is 2.64 bits per heavy atom. The van der Waals surface area contributed by atoms with Gasteiger partial charge in [-0.05, 0) is 12.1 Å². The van der Waals surface area contributed by atoms with Crippen molar-refractivity contribution < 1.29 is 18.0 Å². The summed E-state index contributed by atoms with van der Waals surface area (Å²) in [6, 6.07) is 3.73. The van der Waals surface area contributed by atoms with Crippen LogP contribution in [0.4, 0.5) is 18.9 Å². The van der Waals surface area contributed by atoms with E-state index in [9.17, 15) is 18.0 Å². The average Bonchev–Trinajstić information content (AvgIpc) is 2.12. The van der Waals surface area contributed by atoms with Crippen molar-refractivity contribution in [2.45, 2.75) is 6.43 Å². The lowest BCUT2D eigenvalue weighted by Crippen LogP contribution is -2.20. The molecular weight excluding hydrogens is 219 g/mol. The first-order valence-corrected chi connectivity index (χ1v) is 3.93. The van der Waals surface area contributed by atoms with Gasteiger partial charge in [-0.15, -0.1) is 0 Å². The largest absolute Gasteiger partial charge is 0.319 e. The molecule has 0 spiro atoms. The molecule has 6 heteroatoms. The van der Waals surface area contributed by atoms with Crippen molar-refractivity contribution in [2.75, 3.05) is 5.32 Å². The number of anilines is 1. The molecule has 0 unspecified atom stereocenters. The van der Waals surface area contributed by atoms with Gasteiger partial charge in [0, 0.05) is 0 Å². The maximum atomic E-state index is 13.0. The van der Waals surface area contributed by atoms with Crippen LogP contribution in [0.3, 0.4) is 0 Å². The van der Waals surface area contributed by atoms with Crippen molar-refractivity contribution in [3.8, 4) is 0 Å². The Morgan fingerprint density at radius 1 is 1.43 bits per heavy atom. The number of amides is 1. The van der Waals surface area contributed by atoms with Crippen LogP contribution in [0.5, 0.6) is 0 Å². The molecule has 0 saturated carbocycles. The predicted molar refractivity (Wildman–Crippen MR) is 46.0 cm³/mol. The molecule has 0 heterocycles. The second kappa shape index (κ2) is 4.32. The van der Waals surface area contributed by atoms with Crippen molar-refractivity contribution in [3.63, 3.8) is 0 Å². The van der Waals surface area contributed by atoms with Crippen LogP contribution < -0.4 is 5.32 Å². The minimum Gasteiger partial charge on any atom is -0.319 e. The van der Waals surface area contributed by atoms with Crippen molar-refractivity contribution in [2.24, 2.45) is 0 Å². The Hall–Kier alpha value is -1.23. The van der Waals surface area contributed by atoms with E-state index in [2.05, 4.69) is 0 Å². The molecule has 0 aliphatic heterocycles. The molecule has 1 amide bonds. The summed E-state index contributed by atoms with van der Waals surface area (Å²) >= 11 is 5.36. The van der Waals surface area contributed by atoms with Gasteiger partial charge in [-0.25, -0.2) is 4.39 Å². The van der Waals surface area contributed by atoms with Crippen molar-refractivity contribution >= 4 is 23.2 Å². The lowest BCUT2D eigenvalue weighted by molar-refractivity contribution is -0.126. The molecule has 0 aliphatic carbocycles. The maximum absolute atomic E-state index is 13.0. The predicted octanol–water partition coefficient (Wildman–Crippen LogP) is 2.68. The average molecular weight is 224 g/mol. The van der Waals surface area contributed by atoms with E-state index in [4.69, 9.17) is 11.6 Å². The fourth-order valence-corrected chi connectivity index (χ4v) is 0.962. The van der Waals surface area contributed by atoms with Crippen LogP contribution in [-0.4, -0.2) is 12.3 Å². The Labute approximate surface area is 82.7 Å². The van der Waals surface area contributed by atoms with Gasteiger partial charge in [0.2, 0.25) is 0 Å². The second-order valence-electron chi connectivity index (χ2n) is 2.39. The molecule has 0 radical (unpaired) electrons. The van der Waals surface area contributed by atoms with E-state index in [0.717, 1.165) is 6.07 Å². The summed E-state index contributed by atoms with van der Waals surface area (Å²) in [6.45, 7) is 0. The SMILES string of the molecule is O=C(Nc1cccc(Cl)c1F)C(F)F. The van der Waals surface area contributed by atoms with Crippen LogP contribution in [0.2, 0.25) is 5.02 Å². The highest BCUT2D eigenvalue weighted by Crippen LogP contribution is 2.22. The topological polar surface area (TPSA) is 29.1 Å². The van der Waals surface area contributed by atoms with Crippen LogP contribution in [0.25, 0.3) is 0 Å². The van der Waals surface area contributed by atoms with Crippen molar-refractivity contribution in [1.82, 2.24) is 0 Å². The van der Waals surface area contributed by atoms with Crippen molar-refractivity contribution in [1.29, 1.82) is 0 Å². The summed E-state index contributed by atoms with van der Waals surface area (Å²) in [5.41, 5.74) is -0.359. The number of rotatable bonds is 2. The van der Waals surface area contributed by atoms with Crippen LogP contribution in [0.15, 0.2) is 18.2 Å². The van der Waals surface area contributed by atoms with E-state index in [1.807, 2.05) is 0 Å². The number of carbonyl (C=O) groups is 1. The van der Waals surface area contributed by atoms with Gasteiger partial charge in [0.1, 0.15) is 0 Å². The zero-order valence-corrected chi connectivity index (χ0v) is 7.49. The third-order valence-electron chi connectivity index (χ3n) is 1.41. The van der Waals surface area contributed by atoms with Gasteiger partial charge in [0.15, 0.2) is 5.82 Å². The number of halogens is 4. The molecule has 0 bridgehead atoms. The Balaban J connectivity index is 2.87. The van der Waals surface area contributed by atoms with Gasteiger partial charge in [-0.1, -0.05) is 17.7 Å². The highest BCUT2D eigenvalue weighted by Gasteiger charge is 2.17. The lowest BCUT2D eigenvalue weighted by atomic mass is 10.3. The van der Waals surface area contributed by atoms with E-state index in [0.29, 0.717) is 0 Å². The molecule has 1 aromatic carbocycles. The lowest BCUT2D eigenvalue weighted by Gasteiger charge is -2.05. The van der Waals surface area contributed by atoms with Gasteiger partial charge >= 0.3 is 6.43 Å². The Kier molecular flexibility index (Phi) is 3.35. The molecule has 76 valence electrons. The normalized spacial score (nSPS) is 10.4. The number of benzene rings is 1. The number of hydrogen-bond acceptors (Lipinski definition) is 1. The molecule has 14 heavy (non-hydrogen) atoms. The molecule has 0 saturated heterocycles. The number of hydrogen-bond donors (Lipinski definition) is 1. The zero-order valence-electron chi connectivity index (χ0n) is 6.73. The highest BCUT2D eigenvalue weighted by atomic mass is 35.5. The first kappa shape index (κ1) is 10.8. The van der Waals surface area contributed by atoms with Crippen LogP contribution >= 0.6 is 11.6 Å². The van der Waals surface area contributed by atoms with E-state index in [-0.39, 0.29) is 10.7 Å². The molecule has 0 aromatic heterocycles. The number of nitrogens with one attached hydrogen (secondary N) is 1. The monoisotopic (exact) mass is 223 g/mol. The van der Waals surface area contributed by atoms with Crippen LogP contribution in [0, 0.1) is 5.82 Å². The third-order valence-corrected chi connectivity index (χ3v) is 1.70. The molecule has 1 rings (SSSR count). The molecule has 2 nitrogen and oxygen atoms in total. The minimum atomic E-state index is -3.19. The third kappa shape index (κ3) is 2.38.